The number of amides is 1. The fourth-order valence-electron chi connectivity index (χ4n) is 2.26. The molecule has 2 aromatic rings. The number of hydrogen-bond acceptors (Lipinski definition) is 3. The summed E-state index contributed by atoms with van der Waals surface area (Å²) in [7, 11) is 0. The quantitative estimate of drug-likeness (QED) is 0.897. The summed E-state index contributed by atoms with van der Waals surface area (Å²) in [5, 5.41) is 8.47. The smallest absolute Gasteiger partial charge is 0.224 e. The van der Waals surface area contributed by atoms with Crippen LogP contribution >= 0.6 is 11.3 Å². The van der Waals surface area contributed by atoms with E-state index in [1.807, 2.05) is 12.1 Å². The van der Waals surface area contributed by atoms with Gasteiger partial charge in [-0.15, -0.1) is 11.3 Å². The van der Waals surface area contributed by atoms with Crippen LogP contribution in [0.15, 0.2) is 29.6 Å². The Morgan fingerprint density at radius 2 is 2.21 bits per heavy atom. The molecule has 3 rings (SSSR count). The van der Waals surface area contributed by atoms with Crippen LogP contribution < -0.4 is 10.6 Å². The standard InChI is InChI=1S/C15H16N2OS/c1-10-6-7-19-14(10)9-16-12-3-4-13-11(8-12)2-5-15(18)17-13/h3-4,6-8,16H,2,5,9H2,1H3,(H,17,18). The monoisotopic (exact) mass is 272 g/mol. The molecule has 2 heterocycles. The van der Waals surface area contributed by atoms with Crippen molar-refractivity contribution in [1.29, 1.82) is 0 Å². The van der Waals surface area contributed by atoms with E-state index in [9.17, 15) is 4.79 Å². The van der Waals surface area contributed by atoms with E-state index in [0.717, 1.165) is 24.3 Å². The number of benzene rings is 1. The molecule has 19 heavy (non-hydrogen) atoms. The highest BCUT2D eigenvalue weighted by Gasteiger charge is 2.14. The molecule has 4 heteroatoms. The molecule has 1 amide bonds. The second-order valence-corrected chi connectivity index (χ2v) is 5.80. The highest BCUT2D eigenvalue weighted by Crippen LogP contribution is 2.26. The molecule has 0 fully saturated rings. The molecule has 98 valence electrons. The third-order valence-electron chi connectivity index (χ3n) is 3.42. The van der Waals surface area contributed by atoms with Crippen molar-refractivity contribution in [2.24, 2.45) is 0 Å². The molecule has 1 aliphatic rings. The third-order valence-corrected chi connectivity index (χ3v) is 4.44. The van der Waals surface area contributed by atoms with E-state index >= 15 is 0 Å². The number of thiophene rings is 1. The van der Waals surface area contributed by atoms with Gasteiger partial charge in [-0.3, -0.25) is 4.79 Å². The van der Waals surface area contributed by atoms with Gasteiger partial charge >= 0.3 is 0 Å². The maximum atomic E-state index is 11.3. The molecule has 0 spiro atoms. The van der Waals surface area contributed by atoms with E-state index in [2.05, 4.69) is 35.1 Å². The summed E-state index contributed by atoms with van der Waals surface area (Å²) in [6.07, 6.45) is 1.41. The van der Waals surface area contributed by atoms with Gasteiger partial charge in [-0.25, -0.2) is 0 Å². The fraction of sp³-hybridized carbons (Fsp3) is 0.267. The number of nitrogens with one attached hydrogen (secondary N) is 2. The summed E-state index contributed by atoms with van der Waals surface area (Å²) in [5.41, 5.74) is 4.62. The minimum absolute atomic E-state index is 0.113. The van der Waals surface area contributed by atoms with Crippen molar-refractivity contribution in [2.75, 3.05) is 10.6 Å². The predicted molar refractivity (Wildman–Crippen MR) is 79.8 cm³/mol. The molecule has 1 aromatic heterocycles. The Morgan fingerprint density at radius 3 is 3.00 bits per heavy atom. The van der Waals surface area contributed by atoms with E-state index in [1.54, 1.807) is 11.3 Å². The summed E-state index contributed by atoms with van der Waals surface area (Å²) in [6.45, 7) is 2.99. The maximum Gasteiger partial charge on any atom is 0.224 e. The van der Waals surface area contributed by atoms with Gasteiger partial charge in [0.25, 0.3) is 0 Å². The Hall–Kier alpha value is -1.81. The van der Waals surface area contributed by atoms with Crippen LogP contribution in [0.25, 0.3) is 0 Å². The first-order valence-electron chi connectivity index (χ1n) is 6.42. The first-order valence-corrected chi connectivity index (χ1v) is 7.30. The second kappa shape index (κ2) is 5.05. The lowest BCUT2D eigenvalue weighted by Crippen LogP contribution is -2.18. The molecule has 0 saturated carbocycles. The minimum Gasteiger partial charge on any atom is -0.380 e. The summed E-state index contributed by atoms with van der Waals surface area (Å²) in [6, 6.07) is 8.28. The minimum atomic E-state index is 0.113. The van der Waals surface area contributed by atoms with Gasteiger partial charge in [0.15, 0.2) is 0 Å². The van der Waals surface area contributed by atoms with Crippen LogP contribution in [0.1, 0.15) is 22.4 Å². The van der Waals surface area contributed by atoms with E-state index in [4.69, 9.17) is 0 Å². The number of anilines is 2. The number of rotatable bonds is 3. The predicted octanol–water partition coefficient (Wildman–Crippen LogP) is 3.55. The lowest BCUT2D eigenvalue weighted by molar-refractivity contribution is -0.116. The summed E-state index contributed by atoms with van der Waals surface area (Å²) in [5.74, 6) is 0.113. The van der Waals surface area contributed by atoms with Crippen molar-refractivity contribution in [2.45, 2.75) is 26.3 Å². The highest BCUT2D eigenvalue weighted by atomic mass is 32.1. The zero-order chi connectivity index (χ0) is 13.2. The largest absolute Gasteiger partial charge is 0.380 e. The maximum absolute atomic E-state index is 11.3. The molecule has 2 N–H and O–H groups in total. The SMILES string of the molecule is Cc1ccsc1CNc1ccc2c(c1)CCC(=O)N2. The van der Waals surface area contributed by atoms with Crippen LogP contribution in [0.5, 0.6) is 0 Å². The van der Waals surface area contributed by atoms with Crippen molar-refractivity contribution in [3.05, 3.63) is 45.6 Å². The molecule has 1 aromatic carbocycles. The van der Waals surface area contributed by atoms with Gasteiger partial charge in [-0.05, 0) is 54.1 Å². The Kier molecular flexibility index (Phi) is 3.25. The van der Waals surface area contributed by atoms with E-state index < -0.39 is 0 Å². The molecule has 0 bridgehead atoms. The zero-order valence-corrected chi connectivity index (χ0v) is 11.6. The van der Waals surface area contributed by atoms with Gasteiger partial charge in [0.2, 0.25) is 5.91 Å². The Labute approximate surface area is 116 Å². The van der Waals surface area contributed by atoms with E-state index in [0.29, 0.717) is 6.42 Å². The first-order chi connectivity index (χ1) is 9.22. The summed E-state index contributed by atoms with van der Waals surface area (Å²) >= 11 is 1.78. The second-order valence-electron chi connectivity index (χ2n) is 4.80. The number of carbonyl (C=O) groups excluding carboxylic acids is 1. The average Bonchev–Trinajstić information content (AvgIpc) is 2.82. The number of fused-ring (bicyclic) bond motifs is 1. The van der Waals surface area contributed by atoms with Crippen molar-refractivity contribution < 1.29 is 4.79 Å². The molecule has 0 saturated heterocycles. The van der Waals surface area contributed by atoms with Gasteiger partial charge in [0.1, 0.15) is 0 Å². The lowest BCUT2D eigenvalue weighted by Gasteiger charge is -2.18. The Morgan fingerprint density at radius 1 is 1.32 bits per heavy atom. The molecule has 0 radical (unpaired) electrons. The van der Waals surface area contributed by atoms with Crippen molar-refractivity contribution in [1.82, 2.24) is 0 Å². The lowest BCUT2D eigenvalue weighted by atomic mass is 10.0. The number of hydrogen-bond donors (Lipinski definition) is 2. The van der Waals surface area contributed by atoms with Crippen LogP contribution in [-0.4, -0.2) is 5.91 Å². The van der Waals surface area contributed by atoms with Crippen LogP contribution in [0.2, 0.25) is 0 Å². The van der Waals surface area contributed by atoms with Gasteiger partial charge < -0.3 is 10.6 Å². The number of carbonyl (C=O) groups is 1. The first kappa shape index (κ1) is 12.2. The highest BCUT2D eigenvalue weighted by molar-refractivity contribution is 7.10. The van der Waals surface area contributed by atoms with Crippen LogP contribution in [-0.2, 0) is 17.8 Å². The topological polar surface area (TPSA) is 41.1 Å². The molecule has 3 nitrogen and oxygen atoms in total. The molecule has 0 atom stereocenters. The van der Waals surface area contributed by atoms with Crippen molar-refractivity contribution in [3.63, 3.8) is 0 Å². The molecule has 0 aliphatic carbocycles. The van der Waals surface area contributed by atoms with Crippen LogP contribution in [0.3, 0.4) is 0 Å². The molecule has 0 unspecified atom stereocenters. The van der Waals surface area contributed by atoms with Gasteiger partial charge in [0, 0.05) is 29.2 Å². The molecule has 1 aliphatic heterocycles. The fourth-order valence-corrected chi connectivity index (χ4v) is 3.11. The van der Waals surface area contributed by atoms with Crippen molar-refractivity contribution in [3.8, 4) is 0 Å². The van der Waals surface area contributed by atoms with Crippen LogP contribution in [0, 0.1) is 6.92 Å². The Bertz CT molecular complexity index is 618. The molecular weight excluding hydrogens is 256 g/mol. The number of aryl methyl sites for hydroxylation is 2. The zero-order valence-electron chi connectivity index (χ0n) is 10.8. The summed E-state index contributed by atoms with van der Waals surface area (Å²) in [4.78, 5) is 12.7. The van der Waals surface area contributed by atoms with Crippen molar-refractivity contribution >= 4 is 28.6 Å². The van der Waals surface area contributed by atoms with Gasteiger partial charge in [-0.1, -0.05) is 0 Å². The van der Waals surface area contributed by atoms with Crippen LogP contribution in [0.4, 0.5) is 11.4 Å². The van der Waals surface area contributed by atoms with Gasteiger partial charge in [0.05, 0.1) is 0 Å². The average molecular weight is 272 g/mol. The van der Waals surface area contributed by atoms with E-state index in [-0.39, 0.29) is 5.91 Å². The van der Waals surface area contributed by atoms with Gasteiger partial charge in [-0.2, -0.15) is 0 Å². The third kappa shape index (κ3) is 2.63. The Balaban J connectivity index is 1.72. The van der Waals surface area contributed by atoms with E-state index in [1.165, 1.54) is 16.0 Å². The normalized spacial score (nSPS) is 13.8. The summed E-state index contributed by atoms with van der Waals surface area (Å²) < 4.78 is 0. The molecular formula is C15H16N2OS.